The lowest BCUT2D eigenvalue weighted by atomic mass is 10.1. The van der Waals surface area contributed by atoms with Gasteiger partial charge in [0.15, 0.2) is 18.1 Å². The minimum Gasteiger partial charge on any atom is -0.455 e. The molecule has 4 rings (SSSR count). The van der Waals surface area contributed by atoms with Crippen LogP contribution in [0, 0.1) is 5.92 Å². The molecular formula is C19H22N2O6. The van der Waals surface area contributed by atoms with Gasteiger partial charge in [0.2, 0.25) is 12.7 Å². The Bertz CT molecular complexity index is 759. The van der Waals surface area contributed by atoms with Crippen molar-refractivity contribution in [1.29, 1.82) is 0 Å². The van der Waals surface area contributed by atoms with E-state index in [4.69, 9.17) is 14.2 Å². The van der Waals surface area contributed by atoms with Crippen molar-refractivity contribution in [3.8, 4) is 11.5 Å². The standard InChI is InChI=1S/C19H22N2O6/c22-17(20-13-5-6-15-16(8-13)27-11-26-15)10-25-19(24)12-7-18(23)21(9-12)14-3-1-2-4-14/h5-6,8,12,14H,1-4,7,9-11H2,(H,20,22)/t12-/m1/s1. The predicted molar refractivity (Wildman–Crippen MR) is 94.2 cm³/mol. The normalized spacial score (nSPS) is 21.6. The first-order valence-electron chi connectivity index (χ1n) is 9.26. The fourth-order valence-electron chi connectivity index (χ4n) is 3.88. The highest BCUT2D eigenvalue weighted by Crippen LogP contribution is 2.34. The molecule has 8 heteroatoms. The summed E-state index contributed by atoms with van der Waals surface area (Å²) in [6.07, 6.45) is 4.43. The molecule has 0 spiro atoms. The molecule has 1 aliphatic carbocycles. The summed E-state index contributed by atoms with van der Waals surface area (Å²) in [5.41, 5.74) is 0.531. The number of anilines is 1. The molecule has 0 radical (unpaired) electrons. The molecule has 3 aliphatic rings. The van der Waals surface area contributed by atoms with Crippen LogP contribution in [0.1, 0.15) is 32.1 Å². The number of likely N-dealkylation sites (tertiary alicyclic amines) is 1. The third kappa shape index (κ3) is 3.84. The van der Waals surface area contributed by atoms with Crippen LogP contribution in [0.4, 0.5) is 5.69 Å². The SMILES string of the molecule is O=C(COC(=O)[C@@H]1CC(=O)N(C2CCCC2)C1)Nc1ccc2c(c1)OCO2. The lowest BCUT2D eigenvalue weighted by Gasteiger charge is -2.23. The average Bonchev–Trinajstić information content (AvgIpc) is 3.39. The van der Waals surface area contributed by atoms with Gasteiger partial charge in [0.1, 0.15) is 0 Å². The molecule has 27 heavy (non-hydrogen) atoms. The second-order valence-corrected chi connectivity index (χ2v) is 7.11. The Labute approximate surface area is 156 Å². The van der Waals surface area contributed by atoms with Crippen molar-refractivity contribution < 1.29 is 28.6 Å². The van der Waals surface area contributed by atoms with Gasteiger partial charge in [-0.2, -0.15) is 0 Å². The highest BCUT2D eigenvalue weighted by atomic mass is 16.7. The van der Waals surface area contributed by atoms with Crippen LogP contribution in [-0.4, -0.2) is 48.7 Å². The zero-order chi connectivity index (χ0) is 18.8. The van der Waals surface area contributed by atoms with Gasteiger partial charge < -0.3 is 24.4 Å². The Kier molecular flexibility index (Phi) is 4.87. The lowest BCUT2D eigenvalue weighted by molar-refractivity contribution is -0.151. The molecule has 1 aromatic carbocycles. The minimum absolute atomic E-state index is 0.00802. The summed E-state index contributed by atoms with van der Waals surface area (Å²) in [5, 5.41) is 2.65. The van der Waals surface area contributed by atoms with Gasteiger partial charge >= 0.3 is 5.97 Å². The molecule has 1 atom stereocenters. The molecule has 0 bridgehead atoms. The number of esters is 1. The Morgan fingerprint density at radius 3 is 2.78 bits per heavy atom. The molecule has 2 aliphatic heterocycles. The molecule has 144 valence electrons. The molecule has 1 saturated carbocycles. The summed E-state index contributed by atoms with van der Waals surface area (Å²) in [6.45, 7) is 0.163. The molecule has 1 saturated heterocycles. The molecule has 8 nitrogen and oxygen atoms in total. The number of rotatable bonds is 5. The monoisotopic (exact) mass is 374 g/mol. The molecule has 0 unspecified atom stereocenters. The zero-order valence-electron chi connectivity index (χ0n) is 14.9. The van der Waals surface area contributed by atoms with Crippen LogP contribution < -0.4 is 14.8 Å². The fourth-order valence-corrected chi connectivity index (χ4v) is 3.88. The van der Waals surface area contributed by atoms with E-state index in [1.54, 1.807) is 18.2 Å². The number of amides is 2. The highest BCUT2D eigenvalue weighted by Gasteiger charge is 2.39. The van der Waals surface area contributed by atoms with Crippen molar-refractivity contribution in [3.63, 3.8) is 0 Å². The molecular weight excluding hydrogens is 352 g/mol. The largest absolute Gasteiger partial charge is 0.455 e. The number of benzene rings is 1. The van der Waals surface area contributed by atoms with E-state index in [1.807, 2.05) is 4.90 Å². The topological polar surface area (TPSA) is 94.2 Å². The number of nitrogens with zero attached hydrogens (tertiary/aromatic N) is 1. The lowest BCUT2D eigenvalue weighted by Crippen LogP contribution is -2.35. The van der Waals surface area contributed by atoms with Crippen LogP contribution in [-0.2, 0) is 19.1 Å². The van der Waals surface area contributed by atoms with Crippen molar-refractivity contribution in [2.24, 2.45) is 5.92 Å². The van der Waals surface area contributed by atoms with Crippen molar-refractivity contribution in [3.05, 3.63) is 18.2 Å². The maximum atomic E-state index is 12.2. The molecule has 0 aromatic heterocycles. The predicted octanol–water partition coefficient (Wildman–Crippen LogP) is 1.69. The number of hydrogen-bond acceptors (Lipinski definition) is 6. The average molecular weight is 374 g/mol. The van der Waals surface area contributed by atoms with Gasteiger partial charge in [-0.15, -0.1) is 0 Å². The third-order valence-corrected chi connectivity index (χ3v) is 5.26. The van der Waals surface area contributed by atoms with E-state index in [0.717, 1.165) is 25.7 Å². The second-order valence-electron chi connectivity index (χ2n) is 7.11. The van der Waals surface area contributed by atoms with Gasteiger partial charge in [0.05, 0.1) is 5.92 Å². The van der Waals surface area contributed by atoms with E-state index in [9.17, 15) is 14.4 Å². The maximum Gasteiger partial charge on any atom is 0.311 e. The van der Waals surface area contributed by atoms with Crippen LogP contribution in [0.2, 0.25) is 0 Å². The first-order valence-corrected chi connectivity index (χ1v) is 9.26. The van der Waals surface area contributed by atoms with Crippen LogP contribution in [0.25, 0.3) is 0 Å². The van der Waals surface area contributed by atoms with Crippen molar-refractivity contribution >= 4 is 23.5 Å². The number of ether oxygens (including phenoxy) is 3. The summed E-state index contributed by atoms with van der Waals surface area (Å²) in [7, 11) is 0. The van der Waals surface area contributed by atoms with Crippen molar-refractivity contribution in [2.75, 3.05) is 25.3 Å². The van der Waals surface area contributed by atoms with E-state index < -0.39 is 17.8 Å². The summed E-state index contributed by atoms with van der Waals surface area (Å²) in [5.74, 6) is -0.243. The third-order valence-electron chi connectivity index (χ3n) is 5.26. The maximum absolute atomic E-state index is 12.2. The van der Waals surface area contributed by atoms with E-state index in [0.29, 0.717) is 23.7 Å². The van der Waals surface area contributed by atoms with Crippen LogP contribution in [0.3, 0.4) is 0 Å². The molecule has 2 heterocycles. The fraction of sp³-hybridized carbons (Fsp3) is 0.526. The van der Waals surface area contributed by atoms with Gasteiger partial charge in [-0.1, -0.05) is 12.8 Å². The number of hydrogen-bond donors (Lipinski definition) is 1. The van der Waals surface area contributed by atoms with E-state index in [1.165, 1.54) is 0 Å². The van der Waals surface area contributed by atoms with Crippen LogP contribution in [0.15, 0.2) is 18.2 Å². The molecule has 1 N–H and O–H groups in total. The Morgan fingerprint density at radius 1 is 1.19 bits per heavy atom. The first-order chi connectivity index (χ1) is 13.1. The number of fused-ring (bicyclic) bond motifs is 1. The Balaban J connectivity index is 1.25. The van der Waals surface area contributed by atoms with Gasteiger partial charge in [-0.25, -0.2) is 0 Å². The van der Waals surface area contributed by atoms with E-state index >= 15 is 0 Å². The quantitative estimate of drug-likeness (QED) is 0.788. The van der Waals surface area contributed by atoms with Gasteiger partial charge in [-0.3, -0.25) is 14.4 Å². The van der Waals surface area contributed by atoms with Crippen molar-refractivity contribution in [1.82, 2.24) is 4.90 Å². The number of nitrogens with one attached hydrogen (secondary N) is 1. The summed E-state index contributed by atoms with van der Waals surface area (Å²) in [4.78, 5) is 38.3. The smallest absolute Gasteiger partial charge is 0.311 e. The molecule has 1 aromatic rings. The highest BCUT2D eigenvalue weighted by molar-refractivity contribution is 5.94. The van der Waals surface area contributed by atoms with E-state index in [-0.39, 0.29) is 31.8 Å². The van der Waals surface area contributed by atoms with E-state index in [2.05, 4.69) is 5.32 Å². The summed E-state index contributed by atoms with van der Waals surface area (Å²) in [6, 6.07) is 5.29. The molecule has 2 amide bonds. The summed E-state index contributed by atoms with van der Waals surface area (Å²) >= 11 is 0. The second kappa shape index (κ2) is 7.46. The Hall–Kier alpha value is -2.77. The van der Waals surface area contributed by atoms with Crippen LogP contribution >= 0.6 is 0 Å². The van der Waals surface area contributed by atoms with Gasteiger partial charge in [0, 0.05) is 30.8 Å². The van der Waals surface area contributed by atoms with Crippen LogP contribution in [0.5, 0.6) is 11.5 Å². The van der Waals surface area contributed by atoms with Gasteiger partial charge in [0.25, 0.3) is 5.91 Å². The summed E-state index contributed by atoms with van der Waals surface area (Å²) < 4.78 is 15.6. The number of carbonyl (C=O) groups excluding carboxylic acids is 3. The number of carbonyl (C=O) groups is 3. The minimum atomic E-state index is -0.496. The van der Waals surface area contributed by atoms with Crippen molar-refractivity contribution in [2.45, 2.75) is 38.1 Å². The molecule has 2 fully saturated rings. The Morgan fingerprint density at radius 2 is 1.96 bits per heavy atom. The van der Waals surface area contributed by atoms with Gasteiger partial charge in [-0.05, 0) is 25.0 Å². The first kappa shape index (κ1) is 17.6. The zero-order valence-corrected chi connectivity index (χ0v) is 14.9.